The van der Waals surface area contributed by atoms with Crippen LogP contribution in [0.5, 0.6) is 0 Å². The summed E-state index contributed by atoms with van der Waals surface area (Å²) >= 11 is 0. The zero-order valence-electron chi connectivity index (χ0n) is 10.7. The average molecular weight is 228 g/mol. The molecular formula is C13H28N2O. The molecule has 2 N–H and O–H groups in total. The number of hydrogen-bond acceptors (Lipinski definition) is 3. The summed E-state index contributed by atoms with van der Waals surface area (Å²) < 4.78 is 0. The fraction of sp³-hybridized carbons (Fsp3) is 1.00. The quantitative estimate of drug-likeness (QED) is 0.620. The van der Waals surface area contributed by atoms with Crippen LogP contribution in [0.3, 0.4) is 0 Å². The first-order valence-corrected chi connectivity index (χ1v) is 6.94. The van der Waals surface area contributed by atoms with Crippen LogP contribution in [-0.2, 0) is 0 Å². The Labute approximate surface area is 100 Å². The minimum atomic E-state index is 0.327. The molecule has 1 aliphatic rings. The number of nitrogens with one attached hydrogen (secondary N) is 1. The number of unbranched alkanes of at least 4 members (excludes halogenated alkanes) is 4. The van der Waals surface area contributed by atoms with E-state index >= 15 is 0 Å². The van der Waals surface area contributed by atoms with E-state index < -0.39 is 0 Å². The Morgan fingerprint density at radius 1 is 1.12 bits per heavy atom. The molecule has 0 saturated carbocycles. The zero-order chi connectivity index (χ0) is 11.6. The molecule has 0 aliphatic carbocycles. The number of rotatable bonds is 8. The second-order valence-electron chi connectivity index (χ2n) is 4.83. The normalized spacial score (nSPS) is 19.9. The van der Waals surface area contributed by atoms with E-state index in [1.165, 1.54) is 38.5 Å². The highest BCUT2D eigenvalue weighted by Crippen LogP contribution is 2.12. The fourth-order valence-corrected chi connectivity index (χ4v) is 2.42. The maximum Gasteiger partial charge on any atom is 0.0586 e. The van der Waals surface area contributed by atoms with E-state index in [2.05, 4.69) is 17.1 Å². The Bertz CT molecular complexity index is 158. The van der Waals surface area contributed by atoms with Crippen molar-refractivity contribution >= 4 is 0 Å². The van der Waals surface area contributed by atoms with Gasteiger partial charge in [-0.2, -0.15) is 0 Å². The molecule has 1 fully saturated rings. The van der Waals surface area contributed by atoms with Crippen molar-refractivity contribution in [3.8, 4) is 0 Å². The first-order valence-electron chi connectivity index (χ1n) is 6.94. The molecule has 3 nitrogen and oxygen atoms in total. The molecule has 1 rings (SSSR count). The van der Waals surface area contributed by atoms with Crippen molar-refractivity contribution in [2.75, 3.05) is 32.8 Å². The molecule has 0 aromatic carbocycles. The SMILES string of the molecule is CCCCCCC[C@@H](CO)N1CCNCC1. The number of hydrogen-bond donors (Lipinski definition) is 2. The van der Waals surface area contributed by atoms with Crippen LogP contribution in [0.15, 0.2) is 0 Å². The van der Waals surface area contributed by atoms with Gasteiger partial charge in [-0.15, -0.1) is 0 Å². The lowest BCUT2D eigenvalue weighted by Crippen LogP contribution is -2.49. The molecule has 1 atom stereocenters. The van der Waals surface area contributed by atoms with Crippen LogP contribution >= 0.6 is 0 Å². The largest absolute Gasteiger partial charge is 0.395 e. The molecule has 0 spiro atoms. The van der Waals surface area contributed by atoms with Crippen LogP contribution in [0.2, 0.25) is 0 Å². The van der Waals surface area contributed by atoms with Gasteiger partial charge in [-0.1, -0.05) is 39.0 Å². The van der Waals surface area contributed by atoms with Gasteiger partial charge in [0, 0.05) is 32.2 Å². The number of piperazine rings is 1. The lowest BCUT2D eigenvalue weighted by atomic mass is 10.1. The summed E-state index contributed by atoms with van der Waals surface area (Å²) in [5, 5.41) is 12.8. The third kappa shape index (κ3) is 5.28. The molecule has 0 amide bonds. The van der Waals surface area contributed by atoms with Gasteiger partial charge in [-0.3, -0.25) is 4.90 Å². The van der Waals surface area contributed by atoms with Crippen molar-refractivity contribution in [3.05, 3.63) is 0 Å². The van der Waals surface area contributed by atoms with Gasteiger partial charge in [0.25, 0.3) is 0 Å². The molecule has 0 unspecified atom stereocenters. The van der Waals surface area contributed by atoms with Gasteiger partial charge in [-0.25, -0.2) is 0 Å². The molecule has 16 heavy (non-hydrogen) atoms. The van der Waals surface area contributed by atoms with Gasteiger partial charge in [0.05, 0.1) is 6.61 Å². The molecule has 1 aliphatic heterocycles. The minimum absolute atomic E-state index is 0.327. The van der Waals surface area contributed by atoms with Crippen molar-refractivity contribution < 1.29 is 5.11 Å². The molecule has 3 heteroatoms. The standard InChI is InChI=1S/C13H28N2O/c1-2-3-4-5-6-7-13(12-16)15-10-8-14-9-11-15/h13-14,16H,2-12H2,1H3/t13-/m0/s1. The summed E-state index contributed by atoms with van der Waals surface area (Å²) in [4.78, 5) is 2.44. The minimum Gasteiger partial charge on any atom is -0.395 e. The van der Waals surface area contributed by atoms with E-state index in [1.54, 1.807) is 0 Å². The number of nitrogens with zero attached hydrogens (tertiary/aromatic N) is 1. The predicted octanol–water partition coefficient (Wildman–Crippen LogP) is 1.61. The summed E-state index contributed by atoms with van der Waals surface area (Å²) in [7, 11) is 0. The van der Waals surface area contributed by atoms with Crippen LogP contribution in [0.1, 0.15) is 45.4 Å². The second-order valence-corrected chi connectivity index (χ2v) is 4.83. The molecular weight excluding hydrogens is 200 g/mol. The van der Waals surface area contributed by atoms with E-state index in [-0.39, 0.29) is 0 Å². The molecule has 0 radical (unpaired) electrons. The van der Waals surface area contributed by atoms with Gasteiger partial charge >= 0.3 is 0 Å². The van der Waals surface area contributed by atoms with Gasteiger partial charge in [0.2, 0.25) is 0 Å². The van der Waals surface area contributed by atoms with E-state index in [9.17, 15) is 5.11 Å². The maximum absolute atomic E-state index is 9.42. The van der Waals surface area contributed by atoms with Crippen LogP contribution in [0.25, 0.3) is 0 Å². The van der Waals surface area contributed by atoms with Crippen LogP contribution in [-0.4, -0.2) is 48.8 Å². The molecule has 0 aromatic rings. The molecule has 0 bridgehead atoms. The first kappa shape index (κ1) is 13.9. The smallest absolute Gasteiger partial charge is 0.0586 e. The van der Waals surface area contributed by atoms with Gasteiger partial charge in [0.1, 0.15) is 0 Å². The molecule has 1 heterocycles. The molecule has 1 saturated heterocycles. The van der Waals surface area contributed by atoms with Gasteiger partial charge < -0.3 is 10.4 Å². The molecule has 96 valence electrons. The lowest BCUT2D eigenvalue weighted by Gasteiger charge is -2.34. The number of aliphatic hydroxyl groups is 1. The zero-order valence-corrected chi connectivity index (χ0v) is 10.7. The number of aliphatic hydroxyl groups excluding tert-OH is 1. The van der Waals surface area contributed by atoms with Crippen molar-refractivity contribution in [1.82, 2.24) is 10.2 Å². The van der Waals surface area contributed by atoms with Crippen molar-refractivity contribution in [2.24, 2.45) is 0 Å². The predicted molar refractivity (Wildman–Crippen MR) is 68.7 cm³/mol. The maximum atomic E-state index is 9.42. The summed E-state index contributed by atoms with van der Waals surface area (Å²) in [6.07, 6.45) is 7.79. The lowest BCUT2D eigenvalue weighted by molar-refractivity contribution is 0.102. The third-order valence-electron chi connectivity index (χ3n) is 3.52. The third-order valence-corrected chi connectivity index (χ3v) is 3.52. The topological polar surface area (TPSA) is 35.5 Å². The van der Waals surface area contributed by atoms with E-state index in [4.69, 9.17) is 0 Å². The van der Waals surface area contributed by atoms with E-state index in [1.807, 2.05) is 0 Å². The van der Waals surface area contributed by atoms with Crippen LogP contribution in [0.4, 0.5) is 0 Å². The summed E-state index contributed by atoms with van der Waals surface area (Å²) in [5.74, 6) is 0. The van der Waals surface area contributed by atoms with Crippen molar-refractivity contribution in [3.63, 3.8) is 0 Å². The Kier molecular flexibility index (Phi) is 7.81. The van der Waals surface area contributed by atoms with Crippen molar-refractivity contribution in [1.29, 1.82) is 0 Å². The summed E-state index contributed by atoms with van der Waals surface area (Å²) in [5.41, 5.74) is 0. The first-order chi connectivity index (χ1) is 7.88. The fourth-order valence-electron chi connectivity index (χ4n) is 2.42. The van der Waals surface area contributed by atoms with Gasteiger partial charge in [-0.05, 0) is 6.42 Å². The highest BCUT2D eigenvalue weighted by atomic mass is 16.3. The van der Waals surface area contributed by atoms with Gasteiger partial charge in [0.15, 0.2) is 0 Å². The Hall–Kier alpha value is -0.120. The monoisotopic (exact) mass is 228 g/mol. The Balaban J connectivity index is 2.10. The van der Waals surface area contributed by atoms with E-state index in [0.717, 1.165) is 26.2 Å². The highest BCUT2D eigenvalue weighted by molar-refractivity contribution is 4.76. The molecule has 0 aromatic heterocycles. The Morgan fingerprint density at radius 2 is 1.81 bits per heavy atom. The Morgan fingerprint density at radius 3 is 2.44 bits per heavy atom. The average Bonchev–Trinajstić information content (AvgIpc) is 2.35. The van der Waals surface area contributed by atoms with E-state index in [0.29, 0.717) is 12.6 Å². The highest BCUT2D eigenvalue weighted by Gasteiger charge is 2.18. The second kappa shape index (κ2) is 8.97. The summed E-state index contributed by atoms with van der Waals surface area (Å²) in [6.45, 7) is 6.92. The van der Waals surface area contributed by atoms with Crippen LogP contribution in [0, 0.1) is 0 Å². The van der Waals surface area contributed by atoms with Crippen LogP contribution < -0.4 is 5.32 Å². The van der Waals surface area contributed by atoms with Crippen molar-refractivity contribution in [2.45, 2.75) is 51.5 Å². The summed E-state index contributed by atoms with van der Waals surface area (Å²) in [6, 6.07) is 0.406.